The summed E-state index contributed by atoms with van der Waals surface area (Å²) in [5.74, 6) is 0.594. The average molecular weight is 460 g/mol. The summed E-state index contributed by atoms with van der Waals surface area (Å²) >= 11 is 0. The molecular formula is C23H29N3O5S. The number of piperazine rings is 1. The van der Waals surface area contributed by atoms with Crippen LogP contribution in [0.3, 0.4) is 0 Å². The standard InChI is InChI=1S/C23H29N3O5S/c1-17-14-18(2)16-26(15-17)32(29,30)20-7-5-19(6-8-20)22(27)24-9-11-25(12-10-24)23(28)21-4-3-13-31-21/h3-8,13,17-18H,9-12,14-16H2,1-2H3/t17-,18-/m0/s1. The molecule has 2 atom stereocenters. The molecule has 2 saturated heterocycles. The molecule has 0 unspecified atom stereocenters. The zero-order valence-electron chi connectivity index (χ0n) is 18.4. The molecule has 4 rings (SSSR count). The van der Waals surface area contributed by atoms with Crippen molar-refractivity contribution in [2.75, 3.05) is 39.3 Å². The minimum absolute atomic E-state index is 0.167. The highest BCUT2D eigenvalue weighted by Crippen LogP contribution is 2.27. The molecule has 9 heteroatoms. The molecule has 0 aliphatic carbocycles. The van der Waals surface area contributed by atoms with E-state index in [2.05, 4.69) is 13.8 Å². The van der Waals surface area contributed by atoms with Crippen LogP contribution in [0.1, 0.15) is 41.2 Å². The Kier molecular flexibility index (Phi) is 6.39. The lowest BCUT2D eigenvalue weighted by Gasteiger charge is -2.34. The summed E-state index contributed by atoms with van der Waals surface area (Å²) in [4.78, 5) is 28.8. The van der Waals surface area contributed by atoms with Crippen molar-refractivity contribution in [3.63, 3.8) is 0 Å². The van der Waals surface area contributed by atoms with Gasteiger partial charge in [-0.15, -0.1) is 0 Å². The van der Waals surface area contributed by atoms with Gasteiger partial charge < -0.3 is 14.2 Å². The number of sulfonamides is 1. The molecule has 2 aliphatic rings. The molecule has 0 N–H and O–H groups in total. The van der Waals surface area contributed by atoms with E-state index >= 15 is 0 Å². The van der Waals surface area contributed by atoms with Gasteiger partial charge in [-0.05, 0) is 54.7 Å². The Morgan fingerprint density at radius 3 is 1.97 bits per heavy atom. The number of carbonyl (C=O) groups is 2. The van der Waals surface area contributed by atoms with Gasteiger partial charge in [0, 0.05) is 44.8 Å². The Hall–Kier alpha value is -2.65. The number of benzene rings is 1. The van der Waals surface area contributed by atoms with Gasteiger partial charge in [-0.2, -0.15) is 4.31 Å². The topological polar surface area (TPSA) is 91.1 Å². The number of furan rings is 1. The normalized spacial score (nSPS) is 22.7. The van der Waals surface area contributed by atoms with Crippen molar-refractivity contribution in [3.8, 4) is 0 Å². The number of rotatable bonds is 4. The van der Waals surface area contributed by atoms with Crippen LogP contribution >= 0.6 is 0 Å². The van der Waals surface area contributed by atoms with Gasteiger partial charge in [0.15, 0.2) is 5.76 Å². The maximum atomic E-state index is 13.0. The van der Waals surface area contributed by atoms with Crippen molar-refractivity contribution in [1.29, 1.82) is 0 Å². The predicted octanol–water partition coefficient (Wildman–Crippen LogP) is 2.54. The highest BCUT2D eigenvalue weighted by molar-refractivity contribution is 7.89. The molecule has 1 aromatic carbocycles. The Morgan fingerprint density at radius 1 is 0.875 bits per heavy atom. The number of hydrogen-bond donors (Lipinski definition) is 0. The van der Waals surface area contributed by atoms with Crippen molar-refractivity contribution in [2.45, 2.75) is 25.2 Å². The van der Waals surface area contributed by atoms with Crippen molar-refractivity contribution < 1.29 is 22.4 Å². The molecule has 0 radical (unpaired) electrons. The van der Waals surface area contributed by atoms with Crippen molar-refractivity contribution >= 4 is 21.8 Å². The molecule has 0 bridgehead atoms. The summed E-state index contributed by atoms with van der Waals surface area (Å²) in [5, 5.41) is 0. The summed E-state index contributed by atoms with van der Waals surface area (Å²) in [6.07, 6.45) is 2.49. The Balaban J connectivity index is 1.39. The van der Waals surface area contributed by atoms with E-state index in [4.69, 9.17) is 4.42 Å². The van der Waals surface area contributed by atoms with E-state index in [0.29, 0.717) is 62.4 Å². The van der Waals surface area contributed by atoms with Gasteiger partial charge in [-0.3, -0.25) is 9.59 Å². The number of piperidine rings is 1. The smallest absolute Gasteiger partial charge is 0.289 e. The van der Waals surface area contributed by atoms with Crippen molar-refractivity contribution in [3.05, 3.63) is 54.0 Å². The molecule has 3 heterocycles. The molecular weight excluding hydrogens is 430 g/mol. The molecule has 2 aliphatic heterocycles. The number of nitrogens with zero attached hydrogens (tertiary/aromatic N) is 3. The fourth-order valence-electron chi connectivity index (χ4n) is 4.57. The van der Waals surface area contributed by atoms with E-state index < -0.39 is 10.0 Å². The van der Waals surface area contributed by atoms with Crippen LogP contribution in [0, 0.1) is 11.8 Å². The fourth-order valence-corrected chi connectivity index (χ4v) is 6.25. The van der Waals surface area contributed by atoms with Gasteiger partial charge in [-0.1, -0.05) is 13.8 Å². The highest BCUT2D eigenvalue weighted by Gasteiger charge is 2.32. The SMILES string of the molecule is C[C@H]1C[C@H](C)CN(S(=O)(=O)c2ccc(C(=O)N3CCN(C(=O)c4ccco4)CC3)cc2)C1. The molecule has 172 valence electrons. The number of carbonyl (C=O) groups excluding carboxylic acids is 2. The van der Waals surface area contributed by atoms with E-state index in [9.17, 15) is 18.0 Å². The number of amides is 2. The summed E-state index contributed by atoms with van der Waals surface area (Å²) < 4.78 is 32.8. The van der Waals surface area contributed by atoms with Crippen LogP contribution in [-0.4, -0.2) is 73.6 Å². The molecule has 0 spiro atoms. The lowest BCUT2D eigenvalue weighted by atomic mass is 9.94. The first-order valence-electron chi connectivity index (χ1n) is 11.0. The monoisotopic (exact) mass is 459 g/mol. The second-order valence-corrected chi connectivity index (χ2v) is 10.8. The average Bonchev–Trinajstić information content (AvgIpc) is 3.33. The number of hydrogen-bond acceptors (Lipinski definition) is 5. The zero-order valence-corrected chi connectivity index (χ0v) is 19.3. The van der Waals surface area contributed by atoms with Crippen LogP contribution in [0.5, 0.6) is 0 Å². The predicted molar refractivity (Wildman–Crippen MR) is 119 cm³/mol. The van der Waals surface area contributed by atoms with Crippen molar-refractivity contribution in [1.82, 2.24) is 14.1 Å². The maximum absolute atomic E-state index is 13.0. The largest absolute Gasteiger partial charge is 0.459 e. The van der Waals surface area contributed by atoms with Crippen LogP contribution < -0.4 is 0 Å². The summed E-state index contributed by atoms with van der Waals surface area (Å²) in [6.45, 7) is 6.85. The second kappa shape index (κ2) is 9.07. The zero-order chi connectivity index (χ0) is 22.9. The van der Waals surface area contributed by atoms with E-state index in [-0.39, 0.29) is 16.7 Å². The summed E-state index contributed by atoms with van der Waals surface area (Å²) in [5.41, 5.74) is 0.440. The lowest BCUT2D eigenvalue weighted by molar-refractivity contribution is 0.0518. The molecule has 32 heavy (non-hydrogen) atoms. The van der Waals surface area contributed by atoms with Crippen LogP contribution in [-0.2, 0) is 10.0 Å². The molecule has 2 amide bonds. The first kappa shape index (κ1) is 22.5. The van der Waals surface area contributed by atoms with E-state index in [1.807, 2.05) is 0 Å². The van der Waals surface area contributed by atoms with Crippen LogP contribution in [0.15, 0.2) is 52.0 Å². The molecule has 1 aromatic heterocycles. The van der Waals surface area contributed by atoms with Gasteiger partial charge in [0.1, 0.15) is 0 Å². The Morgan fingerprint density at radius 2 is 1.44 bits per heavy atom. The third-order valence-corrected chi connectivity index (χ3v) is 8.01. The maximum Gasteiger partial charge on any atom is 0.289 e. The fraction of sp³-hybridized carbons (Fsp3) is 0.478. The second-order valence-electron chi connectivity index (χ2n) is 8.85. The van der Waals surface area contributed by atoms with Gasteiger partial charge in [0.05, 0.1) is 11.2 Å². The van der Waals surface area contributed by atoms with Crippen LogP contribution in [0.2, 0.25) is 0 Å². The van der Waals surface area contributed by atoms with Gasteiger partial charge in [0.25, 0.3) is 11.8 Å². The highest BCUT2D eigenvalue weighted by atomic mass is 32.2. The first-order chi connectivity index (χ1) is 15.3. The molecule has 0 saturated carbocycles. The third-order valence-electron chi connectivity index (χ3n) is 6.16. The lowest BCUT2D eigenvalue weighted by Crippen LogP contribution is -2.50. The Bertz CT molecular complexity index is 1050. The Labute approximate surface area is 188 Å². The van der Waals surface area contributed by atoms with Gasteiger partial charge in [-0.25, -0.2) is 8.42 Å². The van der Waals surface area contributed by atoms with Crippen LogP contribution in [0.25, 0.3) is 0 Å². The first-order valence-corrected chi connectivity index (χ1v) is 12.4. The van der Waals surface area contributed by atoms with Crippen LogP contribution in [0.4, 0.5) is 0 Å². The van der Waals surface area contributed by atoms with E-state index in [1.54, 1.807) is 38.4 Å². The van der Waals surface area contributed by atoms with Crippen molar-refractivity contribution in [2.24, 2.45) is 11.8 Å². The van der Waals surface area contributed by atoms with E-state index in [0.717, 1.165) is 6.42 Å². The minimum Gasteiger partial charge on any atom is -0.459 e. The van der Waals surface area contributed by atoms with E-state index in [1.165, 1.54) is 18.4 Å². The molecule has 2 fully saturated rings. The summed E-state index contributed by atoms with van der Waals surface area (Å²) in [6, 6.07) is 9.48. The molecule has 8 nitrogen and oxygen atoms in total. The van der Waals surface area contributed by atoms with Gasteiger partial charge >= 0.3 is 0 Å². The quantitative estimate of drug-likeness (QED) is 0.701. The third kappa shape index (κ3) is 4.59. The molecule has 2 aromatic rings. The summed E-state index contributed by atoms with van der Waals surface area (Å²) in [7, 11) is -3.58. The van der Waals surface area contributed by atoms with Gasteiger partial charge in [0.2, 0.25) is 10.0 Å². The minimum atomic E-state index is -3.58.